The number of aliphatic hydroxyl groups is 1. The van der Waals surface area contributed by atoms with E-state index in [2.05, 4.69) is 4.98 Å². The number of aliphatic hydroxyl groups excluding tert-OH is 1. The minimum Gasteiger partial charge on any atom is -0.507 e. The number of thiazole rings is 1. The molecule has 3 aromatic carbocycles. The fourth-order valence-corrected chi connectivity index (χ4v) is 5.68. The van der Waals surface area contributed by atoms with Crippen LogP contribution < -0.4 is 14.4 Å². The third-order valence-electron chi connectivity index (χ3n) is 6.42. The van der Waals surface area contributed by atoms with Crippen LogP contribution in [-0.2, 0) is 9.59 Å². The summed E-state index contributed by atoms with van der Waals surface area (Å²) in [4.78, 5) is 43.4. The summed E-state index contributed by atoms with van der Waals surface area (Å²) in [6.45, 7) is 2.67. The number of rotatable bonds is 4. The number of amides is 1. The second-order valence-electron chi connectivity index (χ2n) is 8.84. The van der Waals surface area contributed by atoms with Gasteiger partial charge in [-0.15, -0.1) is 0 Å². The largest absolute Gasteiger partial charge is 0.507 e. The van der Waals surface area contributed by atoms with Crippen molar-refractivity contribution in [3.8, 4) is 11.5 Å². The molecule has 11 heteroatoms. The smallest absolute Gasteiger partial charge is 0.301 e. The molecule has 10 nitrogen and oxygen atoms in total. The number of hydrogen-bond acceptors (Lipinski definition) is 9. The van der Waals surface area contributed by atoms with Crippen LogP contribution in [0.5, 0.6) is 11.5 Å². The van der Waals surface area contributed by atoms with Gasteiger partial charge in [0.05, 0.1) is 26.8 Å². The van der Waals surface area contributed by atoms with Gasteiger partial charge in [-0.25, -0.2) is 4.98 Å². The van der Waals surface area contributed by atoms with Crippen molar-refractivity contribution in [2.45, 2.75) is 13.0 Å². The van der Waals surface area contributed by atoms with Crippen molar-refractivity contribution in [2.24, 2.45) is 0 Å². The van der Waals surface area contributed by atoms with Crippen LogP contribution in [0.4, 0.5) is 10.8 Å². The third kappa shape index (κ3) is 3.84. The molecule has 1 saturated heterocycles. The van der Waals surface area contributed by atoms with Crippen LogP contribution in [0.3, 0.4) is 0 Å². The predicted octanol–water partition coefficient (Wildman–Crippen LogP) is 4.91. The molecule has 2 aliphatic rings. The van der Waals surface area contributed by atoms with E-state index >= 15 is 0 Å². The lowest BCUT2D eigenvalue weighted by molar-refractivity contribution is -0.384. The zero-order chi connectivity index (χ0) is 26.6. The van der Waals surface area contributed by atoms with Gasteiger partial charge >= 0.3 is 5.91 Å². The summed E-state index contributed by atoms with van der Waals surface area (Å²) in [5, 5.41) is 22.9. The molecule has 1 fully saturated rings. The minimum absolute atomic E-state index is 0.145. The number of nitro benzene ring substituents is 1. The number of Topliss-reactive ketones (excluding diaryl/α,β-unsaturated/α-hetero) is 1. The topological polar surface area (TPSA) is 132 Å². The Labute approximate surface area is 219 Å². The van der Waals surface area contributed by atoms with Gasteiger partial charge in [0.1, 0.15) is 19.0 Å². The van der Waals surface area contributed by atoms with Gasteiger partial charge in [-0.1, -0.05) is 17.4 Å². The molecule has 1 N–H and O–H groups in total. The number of ether oxygens (including phenoxy) is 2. The molecule has 1 amide bonds. The molecule has 190 valence electrons. The quantitative estimate of drug-likeness (QED) is 0.130. The number of nitrogens with zero attached hydrogens (tertiary/aromatic N) is 3. The van der Waals surface area contributed by atoms with Gasteiger partial charge < -0.3 is 14.6 Å². The SMILES string of the molecule is Cc1ccc2nc(N3C(=O)C(=O)/C(=C(/O)c4ccc5c(c4)OCCO5)[C@H]3c3ccc([N+](=O)[O-])cc3)sc2c1. The molecule has 2 aliphatic heterocycles. The zero-order valence-corrected chi connectivity index (χ0v) is 20.7. The van der Waals surface area contributed by atoms with E-state index < -0.39 is 28.4 Å². The number of nitro groups is 1. The van der Waals surface area contributed by atoms with Gasteiger partial charge in [0.2, 0.25) is 0 Å². The summed E-state index contributed by atoms with van der Waals surface area (Å²) in [5.74, 6) is -1.24. The second kappa shape index (κ2) is 8.96. The van der Waals surface area contributed by atoms with Gasteiger partial charge in [-0.3, -0.25) is 24.6 Å². The molecule has 0 bridgehead atoms. The van der Waals surface area contributed by atoms with Crippen molar-refractivity contribution < 1.29 is 29.1 Å². The average Bonchev–Trinajstić information content (AvgIpc) is 3.45. The van der Waals surface area contributed by atoms with Gasteiger partial charge in [0.25, 0.3) is 11.5 Å². The number of hydrogen-bond donors (Lipinski definition) is 1. The van der Waals surface area contributed by atoms with Crippen molar-refractivity contribution in [3.63, 3.8) is 0 Å². The molecule has 1 atom stereocenters. The summed E-state index contributed by atoms with van der Waals surface area (Å²) in [7, 11) is 0. The summed E-state index contributed by atoms with van der Waals surface area (Å²) >= 11 is 1.24. The van der Waals surface area contributed by atoms with Crippen molar-refractivity contribution in [1.82, 2.24) is 4.98 Å². The Morgan fingerprint density at radius 3 is 2.53 bits per heavy atom. The normalized spacial score (nSPS) is 18.2. The van der Waals surface area contributed by atoms with E-state index in [-0.39, 0.29) is 22.0 Å². The number of aryl methyl sites for hydroxylation is 1. The van der Waals surface area contributed by atoms with E-state index in [9.17, 15) is 24.8 Å². The van der Waals surface area contributed by atoms with Crippen LogP contribution in [0.25, 0.3) is 16.0 Å². The van der Waals surface area contributed by atoms with E-state index in [1.54, 1.807) is 18.2 Å². The fourth-order valence-electron chi connectivity index (χ4n) is 4.59. The van der Waals surface area contributed by atoms with Gasteiger partial charge in [0, 0.05) is 17.7 Å². The number of fused-ring (bicyclic) bond motifs is 2. The lowest BCUT2D eigenvalue weighted by Gasteiger charge is -2.23. The van der Waals surface area contributed by atoms with E-state index in [1.807, 2.05) is 25.1 Å². The van der Waals surface area contributed by atoms with Crippen LogP contribution in [0.2, 0.25) is 0 Å². The lowest BCUT2D eigenvalue weighted by Crippen LogP contribution is -2.29. The first kappa shape index (κ1) is 23.6. The van der Waals surface area contributed by atoms with Crippen LogP contribution >= 0.6 is 11.3 Å². The average molecular weight is 530 g/mol. The molecule has 1 aromatic heterocycles. The fraction of sp³-hybridized carbons (Fsp3) is 0.148. The molecule has 0 spiro atoms. The monoisotopic (exact) mass is 529 g/mol. The molecular weight excluding hydrogens is 510 g/mol. The standard InChI is InChI=1S/C27H19N3O7S/c1-14-2-8-18-21(12-14)38-27(28-18)29-23(15-3-6-17(7-4-15)30(34)35)22(25(32)26(29)33)24(31)16-5-9-19-20(13-16)37-11-10-36-19/h2-9,12-13,23,31H,10-11H2,1H3/b24-22+/t23-/m1/s1. The summed E-state index contributed by atoms with van der Waals surface area (Å²) in [6.07, 6.45) is 0. The summed E-state index contributed by atoms with van der Waals surface area (Å²) < 4.78 is 12.0. The van der Waals surface area contributed by atoms with Crippen LogP contribution in [0.15, 0.2) is 66.2 Å². The number of aromatic nitrogens is 1. The Morgan fingerprint density at radius 2 is 1.79 bits per heavy atom. The first-order valence-electron chi connectivity index (χ1n) is 11.6. The van der Waals surface area contributed by atoms with E-state index in [1.165, 1.54) is 40.5 Å². The van der Waals surface area contributed by atoms with Crippen molar-refractivity contribution in [3.05, 3.63) is 93.0 Å². The highest BCUT2D eigenvalue weighted by molar-refractivity contribution is 7.22. The Kier molecular flexibility index (Phi) is 5.57. The Balaban J connectivity index is 1.53. The first-order valence-corrected chi connectivity index (χ1v) is 12.5. The Morgan fingerprint density at radius 1 is 1.05 bits per heavy atom. The maximum Gasteiger partial charge on any atom is 0.301 e. The maximum absolute atomic E-state index is 13.4. The Hall–Kier alpha value is -4.77. The van der Waals surface area contributed by atoms with Gasteiger partial charge in [-0.05, 0) is 60.5 Å². The van der Waals surface area contributed by atoms with Crippen molar-refractivity contribution in [1.29, 1.82) is 0 Å². The van der Waals surface area contributed by atoms with E-state index in [0.717, 1.165) is 10.3 Å². The van der Waals surface area contributed by atoms with Crippen LogP contribution in [0, 0.1) is 17.0 Å². The molecule has 0 unspecified atom stereocenters. The molecule has 38 heavy (non-hydrogen) atoms. The second-order valence-corrected chi connectivity index (χ2v) is 9.85. The molecular formula is C27H19N3O7S. The lowest BCUT2D eigenvalue weighted by atomic mass is 9.95. The molecule has 6 rings (SSSR count). The summed E-state index contributed by atoms with van der Waals surface area (Å²) in [6, 6.07) is 14.9. The number of carbonyl (C=O) groups excluding carboxylic acids is 2. The number of carbonyl (C=O) groups is 2. The van der Waals surface area contributed by atoms with Crippen LogP contribution in [-0.4, -0.2) is 39.9 Å². The highest BCUT2D eigenvalue weighted by Gasteiger charge is 2.48. The highest BCUT2D eigenvalue weighted by atomic mass is 32.1. The van der Waals surface area contributed by atoms with Crippen molar-refractivity contribution in [2.75, 3.05) is 18.1 Å². The first-order chi connectivity index (χ1) is 18.3. The van der Waals surface area contributed by atoms with Gasteiger partial charge in [-0.2, -0.15) is 0 Å². The minimum atomic E-state index is -1.06. The van der Waals surface area contributed by atoms with E-state index in [0.29, 0.717) is 35.8 Å². The van der Waals surface area contributed by atoms with Crippen LogP contribution in [0.1, 0.15) is 22.7 Å². The summed E-state index contributed by atoms with van der Waals surface area (Å²) in [5.41, 5.74) is 2.04. The Bertz CT molecular complexity index is 1680. The predicted molar refractivity (Wildman–Crippen MR) is 140 cm³/mol. The molecule has 0 aliphatic carbocycles. The molecule has 4 aromatic rings. The number of ketones is 1. The number of benzene rings is 3. The number of anilines is 1. The maximum atomic E-state index is 13.4. The molecule has 0 saturated carbocycles. The third-order valence-corrected chi connectivity index (χ3v) is 7.44. The van der Waals surface area contributed by atoms with Gasteiger partial charge in [0.15, 0.2) is 16.6 Å². The van der Waals surface area contributed by atoms with Crippen molar-refractivity contribution >= 4 is 49.8 Å². The zero-order valence-electron chi connectivity index (χ0n) is 19.9. The molecule has 3 heterocycles. The highest BCUT2D eigenvalue weighted by Crippen LogP contribution is 2.45. The molecule has 0 radical (unpaired) electrons. The van der Waals surface area contributed by atoms with E-state index in [4.69, 9.17) is 9.47 Å². The number of non-ortho nitro benzene ring substituents is 1.